The molecular formula is C22H23F3N2O5. The molecule has 2 aromatic rings. The maximum absolute atomic E-state index is 12.7. The molecule has 32 heavy (non-hydrogen) atoms. The molecule has 0 spiro atoms. The van der Waals surface area contributed by atoms with Crippen LogP contribution in [0.4, 0.5) is 13.2 Å². The third-order valence-electron chi connectivity index (χ3n) is 4.58. The van der Waals surface area contributed by atoms with Crippen LogP contribution in [0.5, 0.6) is 5.75 Å². The molecular weight excluding hydrogens is 429 g/mol. The van der Waals surface area contributed by atoms with Crippen molar-refractivity contribution in [2.75, 3.05) is 20.1 Å². The average molecular weight is 452 g/mol. The summed E-state index contributed by atoms with van der Waals surface area (Å²) in [6.07, 6.45) is -2.57. The minimum absolute atomic E-state index is 0.243. The minimum atomic E-state index is -4.34. The summed E-state index contributed by atoms with van der Waals surface area (Å²) in [7, 11) is 1.85. The standard InChI is InChI=1S/C18H19F3N2O.C4H4O4/c1-22-23-11-10-13-4-2-3-5-16(13)17(12-23)24-15-8-6-14(7-9-15)18(19,20)21;5-3(6)1-2-4(7)8/h2-9,17,22H,10-12H2,1H3;1-2H,(H,5,6)(H,7,8)/b;2-1-. The molecule has 7 nitrogen and oxygen atoms in total. The quantitative estimate of drug-likeness (QED) is 0.597. The molecule has 3 N–H and O–H groups in total. The predicted octanol–water partition coefficient (Wildman–Crippen LogP) is 3.53. The number of benzene rings is 2. The first kappa shape index (κ1) is 24.9. The Balaban J connectivity index is 0.000000390. The summed E-state index contributed by atoms with van der Waals surface area (Å²) in [5.74, 6) is -2.08. The Bertz CT molecular complexity index is 929. The molecule has 3 rings (SSSR count). The Morgan fingerprint density at radius 1 is 1.06 bits per heavy atom. The van der Waals surface area contributed by atoms with Crippen molar-refractivity contribution in [1.82, 2.24) is 10.4 Å². The third kappa shape index (κ3) is 7.71. The number of rotatable bonds is 5. The highest BCUT2D eigenvalue weighted by atomic mass is 19.4. The number of carboxylic acid groups (broad SMARTS) is 2. The monoisotopic (exact) mass is 452 g/mol. The lowest BCUT2D eigenvalue weighted by molar-refractivity contribution is -0.137. The zero-order valence-corrected chi connectivity index (χ0v) is 17.2. The smallest absolute Gasteiger partial charge is 0.416 e. The molecule has 1 atom stereocenters. The van der Waals surface area contributed by atoms with Gasteiger partial charge in [0.2, 0.25) is 0 Å². The van der Waals surface area contributed by atoms with Gasteiger partial charge in [0.15, 0.2) is 0 Å². The molecule has 0 fully saturated rings. The Morgan fingerprint density at radius 3 is 2.19 bits per heavy atom. The van der Waals surface area contributed by atoms with Gasteiger partial charge >= 0.3 is 18.1 Å². The molecule has 10 heteroatoms. The van der Waals surface area contributed by atoms with Crippen molar-refractivity contribution in [2.24, 2.45) is 0 Å². The Hall–Kier alpha value is -3.37. The highest BCUT2D eigenvalue weighted by Gasteiger charge is 2.30. The number of ether oxygens (including phenoxy) is 1. The number of halogens is 3. The molecule has 0 saturated heterocycles. The van der Waals surface area contributed by atoms with Gasteiger partial charge in [-0.15, -0.1) is 0 Å². The molecule has 1 unspecified atom stereocenters. The fourth-order valence-electron chi connectivity index (χ4n) is 3.05. The van der Waals surface area contributed by atoms with Crippen molar-refractivity contribution >= 4 is 11.9 Å². The topological polar surface area (TPSA) is 99.1 Å². The zero-order chi connectivity index (χ0) is 23.7. The molecule has 0 aliphatic carbocycles. The van der Waals surface area contributed by atoms with Gasteiger partial charge in [-0.2, -0.15) is 13.2 Å². The number of hydrogen-bond acceptors (Lipinski definition) is 5. The van der Waals surface area contributed by atoms with Gasteiger partial charge in [0, 0.05) is 18.7 Å². The van der Waals surface area contributed by atoms with Crippen LogP contribution in [0.1, 0.15) is 22.8 Å². The first-order valence-electron chi connectivity index (χ1n) is 9.58. The van der Waals surface area contributed by atoms with E-state index in [1.54, 1.807) is 0 Å². The van der Waals surface area contributed by atoms with E-state index >= 15 is 0 Å². The lowest BCUT2D eigenvalue weighted by Crippen LogP contribution is -2.39. The summed E-state index contributed by atoms with van der Waals surface area (Å²) < 4.78 is 44.0. The number of nitrogens with zero attached hydrogens (tertiary/aromatic N) is 1. The van der Waals surface area contributed by atoms with E-state index in [2.05, 4.69) is 16.5 Å². The first-order chi connectivity index (χ1) is 15.1. The van der Waals surface area contributed by atoms with E-state index in [1.807, 2.05) is 25.2 Å². The fraction of sp³-hybridized carbons (Fsp3) is 0.273. The van der Waals surface area contributed by atoms with Crippen LogP contribution in [-0.2, 0) is 22.2 Å². The average Bonchev–Trinajstić information content (AvgIpc) is 2.92. The predicted molar refractivity (Wildman–Crippen MR) is 110 cm³/mol. The summed E-state index contributed by atoms with van der Waals surface area (Å²) in [6, 6.07) is 12.9. The fourth-order valence-corrected chi connectivity index (χ4v) is 3.05. The molecule has 0 saturated carbocycles. The van der Waals surface area contributed by atoms with Gasteiger partial charge in [0.05, 0.1) is 12.1 Å². The summed E-state index contributed by atoms with van der Waals surface area (Å²) in [5, 5.41) is 17.7. The van der Waals surface area contributed by atoms with Crippen LogP contribution in [0.2, 0.25) is 0 Å². The number of alkyl halides is 3. The van der Waals surface area contributed by atoms with Crippen molar-refractivity contribution in [3.8, 4) is 5.75 Å². The van der Waals surface area contributed by atoms with Crippen LogP contribution in [0.25, 0.3) is 0 Å². The van der Waals surface area contributed by atoms with Crippen LogP contribution in [0.15, 0.2) is 60.7 Å². The molecule has 1 aliphatic rings. The van der Waals surface area contributed by atoms with E-state index < -0.39 is 23.7 Å². The second-order valence-electron chi connectivity index (χ2n) is 6.76. The number of nitrogens with one attached hydrogen (secondary N) is 1. The summed E-state index contributed by atoms with van der Waals surface area (Å²) >= 11 is 0. The molecule has 0 bridgehead atoms. The molecule has 1 aliphatic heterocycles. The number of hydrazine groups is 1. The lowest BCUT2D eigenvalue weighted by Gasteiger charge is -2.25. The van der Waals surface area contributed by atoms with E-state index in [0.717, 1.165) is 30.7 Å². The van der Waals surface area contributed by atoms with Crippen LogP contribution in [0, 0.1) is 0 Å². The van der Waals surface area contributed by atoms with Crippen molar-refractivity contribution < 1.29 is 37.7 Å². The number of carboxylic acids is 2. The number of fused-ring (bicyclic) bond motifs is 1. The van der Waals surface area contributed by atoms with E-state index in [-0.39, 0.29) is 6.10 Å². The van der Waals surface area contributed by atoms with Gasteiger partial charge in [0.25, 0.3) is 0 Å². The molecule has 0 amide bonds. The Labute approximate surface area is 182 Å². The van der Waals surface area contributed by atoms with Crippen LogP contribution in [0.3, 0.4) is 0 Å². The van der Waals surface area contributed by atoms with Gasteiger partial charge in [0.1, 0.15) is 11.9 Å². The van der Waals surface area contributed by atoms with Gasteiger partial charge in [-0.05, 0) is 48.9 Å². The molecule has 1 heterocycles. The molecule has 0 aromatic heterocycles. The van der Waals surface area contributed by atoms with E-state index in [9.17, 15) is 22.8 Å². The highest BCUT2D eigenvalue weighted by molar-refractivity contribution is 5.89. The van der Waals surface area contributed by atoms with Crippen molar-refractivity contribution in [3.63, 3.8) is 0 Å². The Kier molecular flexibility index (Phi) is 8.80. The van der Waals surface area contributed by atoms with Crippen molar-refractivity contribution in [1.29, 1.82) is 0 Å². The van der Waals surface area contributed by atoms with E-state index in [0.29, 0.717) is 24.4 Å². The van der Waals surface area contributed by atoms with Gasteiger partial charge in [-0.1, -0.05) is 24.3 Å². The highest BCUT2D eigenvalue weighted by Crippen LogP contribution is 2.32. The van der Waals surface area contributed by atoms with Gasteiger partial charge in [-0.3, -0.25) is 5.43 Å². The Morgan fingerprint density at radius 2 is 1.66 bits per heavy atom. The molecule has 2 aromatic carbocycles. The van der Waals surface area contributed by atoms with Gasteiger partial charge in [-0.25, -0.2) is 14.6 Å². The van der Waals surface area contributed by atoms with E-state index in [4.69, 9.17) is 14.9 Å². The number of aliphatic carboxylic acids is 2. The van der Waals surface area contributed by atoms with Crippen LogP contribution < -0.4 is 10.2 Å². The van der Waals surface area contributed by atoms with Crippen LogP contribution >= 0.6 is 0 Å². The zero-order valence-electron chi connectivity index (χ0n) is 17.2. The third-order valence-corrected chi connectivity index (χ3v) is 4.58. The van der Waals surface area contributed by atoms with Crippen molar-refractivity contribution in [3.05, 3.63) is 77.4 Å². The normalized spacial score (nSPS) is 16.4. The number of carbonyl (C=O) groups is 2. The summed E-state index contributed by atoms with van der Waals surface area (Å²) in [4.78, 5) is 19.1. The van der Waals surface area contributed by atoms with E-state index in [1.165, 1.54) is 17.7 Å². The largest absolute Gasteiger partial charge is 0.484 e. The van der Waals surface area contributed by atoms with Crippen molar-refractivity contribution in [2.45, 2.75) is 18.7 Å². The van der Waals surface area contributed by atoms with Crippen LogP contribution in [-0.4, -0.2) is 47.3 Å². The lowest BCUT2D eigenvalue weighted by atomic mass is 10.0. The summed E-state index contributed by atoms with van der Waals surface area (Å²) in [6.45, 7) is 1.47. The second-order valence-corrected chi connectivity index (χ2v) is 6.76. The maximum atomic E-state index is 12.7. The summed E-state index contributed by atoms with van der Waals surface area (Å²) in [5.41, 5.74) is 4.73. The first-order valence-corrected chi connectivity index (χ1v) is 9.58. The second kappa shape index (κ2) is 11.3. The number of hydrogen-bond donors (Lipinski definition) is 3. The molecule has 172 valence electrons. The minimum Gasteiger partial charge on any atom is -0.484 e. The maximum Gasteiger partial charge on any atom is 0.416 e. The van der Waals surface area contributed by atoms with Gasteiger partial charge < -0.3 is 14.9 Å². The SMILES string of the molecule is CNN1CCc2ccccc2C(Oc2ccc(C(F)(F)F)cc2)C1.O=C(O)/C=C\C(=O)O. The molecule has 0 radical (unpaired) electrons.